The molecule has 0 unspecified atom stereocenters. The predicted octanol–water partition coefficient (Wildman–Crippen LogP) is 3.60. The number of carbonyl (C=O) groups excluding carboxylic acids is 2. The van der Waals surface area contributed by atoms with Gasteiger partial charge in [0.15, 0.2) is 0 Å². The minimum absolute atomic E-state index is 0.117. The Morgan fingerprint density at radius 1 is 1.02 bits per heavy atom. The second kappa shape index (κ2) is 12.0. The monoisotopic (exact) mass is 554 g/mol. The van der Waals surface area contributed by atoms with Gasteiger partial charge in [-0.1, -0.05) is 18.2 Å². The molecule has 0 bridgehead atoms. The summed E-state index contributed by atoms with van der Waals surface area (Å²) in [6.45, 7) is 4.41. The highest BCUT2D eigenvalue weighted by Crippen LogP contribution is 2.25. The van der Waals surface area contributed by atoms with Gasteiger partial charge in [0.05, 0.1) is 12.3 Å². The summed E-state index contributed by atoms with van der Waals surface area (Å²) in [6.07, 6.45) is 3.20. The highest BCUT2D eigenvalue weighted by molar-refractivity contribution is 6.05. The number of nitrogens with one attached hydrogen (secondary N) is 2. The van der Waals surface area contributed by atoms with Crippen LogP contribution in [-0.4, -0.2) is 51.4 Å². The Bertz CT molecular complexity index is 1650. The molecule has 0 fully saturated rings. The Morgan fingerprint density at radius 2 is 1.80 bits per heavy atom. The van der Waals surface area contributed by atoms with Gasteiger partial charge in [0, 0.05) is 54.4 Å². The standard InChI is InChI=1S/C30H30N6O5/c1-19-5-3-4-6-24(19)27(38)32-22-7-9-23(10-8-22)36-14-11-20(2)26(28(36)39)35-13-12-25-21(18-35)17-31-29(33-25)34-30(40)41-16-15-37/h3-11,14,17,37H,12-13,15-16,18H2,1-2H3,(H,32,38)(H,31,33,34,40). The van der Waals surface area contributed by atoms with E-state index in [1.54, 1.807) is 47.3 Å². The molecule has 0 atom stereocenters. The van der Waals surface area contributed by atoms with Crippen molar-refractivity contribution in [2.45, 2.75) is 26.8 Å². The zero-order valence-electron chi connectivity index (χ0n) is 22.8. The fourth-order valence-electron chi connectivity index (χ4n) is 4.77. The number of aliphatic hydroxyl groups excluding tert-OH is 1. The minimum Gasteiger partial charge on any atom is -0.447 e. The smallest absolute Gasteiger partial charge is 0.414 e. The molecule has 41 heavy (non-hydrogen) atoms. The number of aryl methyl sites for hydroxylation is 2. The summed E-state index contributed by atoms with van der Waals surface area (Å²) in [5, 5.41) is 14.1. The Labute approximate surface area is 236 Å². The molecule has 2 aromatic heterocycles. The van der Waals surface area contributed by atoms with Gasteiger partial charge in [-0.25, -0.2) is 14.8 Å². The number of aliphatic hydroxyl groups is 1. The lowest BCUT2D eigenvalue weighted by Crippen LogP contribution is -2.37. The lowest BCUT2D eigenvalue weighted by atomic mass is 10.1. The van der Waals surface area contributed by atoms with Crippen LogP contribution in [0.1, 0.15) is 32.7 Å². The topological polar surface area (TPSA) is 139 Å². The molecule has 1 aliphatic rings. The zero-order valence-corrected chi connectivity index (χ0v) is 22.8. The number of amides is 2. The quantitative estimate of drug-likeness (QED) is 0.315. The summed E-state index contributed by atoms with van der Waals surface area (Å²) in [5.41, 5.74) is 5.73. The van der Waals surface area contributed by atoms with Gasteiger partial charge < -0.3 is 20.1 Å². The Morgan fingerprint density at radius 3 is 2.56 bits per heavy atom. The molecule has 11 heteroatoms. The van der Waals surface area contributed by atoms with E-state index in [9.17, 15) is 14.4 Å². The summed E-state index contributed by atoms with van der Waals surface area (Å²) in [7, 11) is 0. The van der Waals surface area contributed by atoms with Crippen molar-refractivity contribution in [2.75, 3.05) is 35.3 Å². The Hall–Kier alpha value is -5.03. The molecule has 0 saturated carbocycles. The number of benzene rings is 2. The van der Waals surface area contributed by atoms with Gasteiger partial charge in [-0.2, -0.15) is 0 Å². The lowest BCUT2D eigenvalue weighted by molar-refractivity contribution is 0.102. The lowest BCUT2D eigenvalue weighted by Gasteiger charge is -2.31. The number of hydrogen-bond donors (Lipinski definition) is 3. The summed E-state index contributed by atoms with van der Waals surface area (Å²) in [6, 6.07) is 16.4. The molecule has 2 amide bonds. The van der Waals surface area contributed by atoms with Gasteiger partial charge in [-0.15, -0.1) is 0 Å². The molecule has 5 rings (SSSR count). The molecule has 11 nitrogen and oxygen atoms in total. The van der Waals surface area contributed by atoms with E-state index in [1.165, 1.54) is 0 Å². The van der Waals surface area contributed by atoms with Crippen molar-refractivity contribution in [3.63, 3.8) is 0 Å². The number of carbonyl (C=O) groups is 2. The first-order valence-electron chi connectivity index (χ1n) is 13.2. The fourth-order valence-corrected chi connectivity index (χ4v) is 4.77. The maximum Gasteiger partial charge on any atom is 0.414 e. The van der Waals surface area contributed by atoms with Crippen molar-refractivity contribution >= 4 is 29.3 Å². The predicted molar refractivity (Wildman–Crippen MR) is 155 cm³/mol. The molecule has 0 radical (unpaired) electrons. The summed E-state index contributed by atoms with van der Waals surface area (Å²) in [4.78, 5) is 48.8. The second-order valence-electron chi connectivity index (χ2n) is 9.66. The van der Waals surface area contributed by atoms with Crippen LogP contribution in [0.3, 0.4) is 0 Å². The van der Waals surface area contributed by atoms with Crippen LogP contribution in [0.15, 0.2) is 71.8 Å². The number of rotatable bonds is 7. The average molecular weight is 555 g/mol. The van der Waals surface area contributed by atoms with Crippen molar-refractivity contribution in [2.24, 2.45) is 0 Å². The van der Waals surface area contributed by atoms with Gasteiger partial charge in [-0.3, -0.25) is 19.5 Å². The maximum absolute atomic E-state index is 13.7. The molecule has 1 aliphatic heterocycles. The van der Waals surface area contributed by atoms with E-state index in [0.29, 0.717) is 42.1 Å². The number of anilines is 3. The van der Waals surface area contributed by atoms with E-state index < -0.39 is 6.09 Å². The van der Waals surface area contributed by atoms with Crippen molar-refractivity contribution in [3.8, 4) is 5.69 Å². The van der Waals surface area contributed by atoms with Crippen LogP contribution >= 0.6 is 0 Å². The van der Waals surface area contributed by atoms with Crippen LogP contribution in [0, 0.1) is 13.8 Å². The number of fused-ring (bicyclic) bond motifs is 1. The number of ether oxygens (including phenoxy) is 1. The Kier molecular flexibility index (Phi) is 8.06. The van der Waals surface area contributed by atoms with Gasteiger partial charge in [0.1, 0.15) is 12.3 Å². The maximum atomic E-state index is 13.7. The van der Waals surface area contributed by atoms with Crippen LogP contribution in [-0.2, 0) is 17.7 Å². The molecule has 210 valence electrons. The minimum atomic E-state index is -0.737. The van der Waals surface area contributed by atoms with Gasteiger partial charge in [-0.05, 0) is 61.4 Å². The summed E-state index contributed by atoms with van der Waals surface area (Å²) < 4.78 is 6.38. The molecular formula is C30H30N6O5. The van der Waals surface area contributed by atoms with Gasteiger partial charge >= 0.3 is 6.09 Å². The average Bonchev–Trinajstić information content (AvgIpc) is 2.97. The van der Waals surface area contributed by atoms with E-state index in [4.69, 9.17) is 9.84 Å². The molecule has 3 N–H and O–H groups in total. The highest BCUT2D eigenvalue weighted by Gasteiger charge is 2.23. The first-order chi connectivity index (χ1) is 19.8. The molecule has 4 aromatic rings. The molecule has 0 spiro atoms. The third kappa shape index (κ3) is 6.10. The number of hydrogen-bond acceptors (Lipinski definition) is 8. The molecule has 0 saturated heterocycles. The highest BCUT2D eigenvalue weighted by atomic mass is 16.6. The molecular weight excluding hydrogens is 524 g/mol. The summed E-state index contributed by atoms with van der Waals surface area (Å²) >= 11 is 0. The van der Waals surface area contributed by atoms with Crippen molar-refractivity contribution in [1.82, 2.24) is 14.5 Å². The normalized spacial score (nSPS) is 12.4. The van der Waals surface area contributed by atoms with Crippen LogP contribution in [0.4, 0.5) is 22.1 Å². The molecule has 3 heterocycles. The first-order valence-corrected chi connectivity index (χ1v) is 13.2. The molecule has 2 aromatic carbocycles. The third-order valence-electron chi connectivity index (χ3n) is 6.85. The number of nitrogens with zero attached hydrogens (tertiary/aromatic N) is 4. The van der Waals surface area contributed by atoms with Crippen molar-refractivity contribution in [1.29, 1.82) is 0 Å². The number of pyridine rings is 1. The SMILES string of the molecule is Cc1ccccc1C(=O)Nc1ccc(-n2ccc(C)c(N3CCc4nc(NC(=O)OCCO)ncc4C3)c2=O)cc1. The Balaban J connectivity index is 1.32. The van der Waals surface area contributed by atoms with Crippen molar-refractivity contribution < 1.29 is 19.4 Å². The zero-order chi connectivity index (χ0) is 28.9. The fraction of sp³-hybridized carbons (Fsp3) is 0.233. The van der Waals surface area contributed by atoms with E-state index in [1.807, 2.05) is 43.0 Å². The molecule has 0 aliphatic carbocycles. The van der Waals surface area contributed by atoms with Crippen LogP contribution < -0.4 is 21.1 Å². The van der Waals surface area contributed by atoms with Crippen molar-refractivity contribution in [3.05, 3.63) is 105 Å². The van der Waals surface area contributed by atoms with E-state index in [0.717, 1.165) is 22.4 Å². The third-order valence-corrected chi connectivity index (χ3v) is 6.85. The summed E-state index contributed by atoms with van der Waals surface area (Å²) in [5.74, 6) is -0.0681. The first kappa shape index (κ1) is 27.5. The van der Waals surface area contributed by atoms with Gasteiger partial charge in [0.2, 0.25) is 5.95 Å². The van der Waals surface area contributed by atoms with Crippen LogP contribution in [0.2, 0.25) is 0 Å². The van der Waals surface area contributed by atoms with E-state index >= 15 is 0 Å². The van der Waals surface area contributed by atoms with E-state index in [2.05, 4.69) is 20.6 Å². The van der Waals surface area contributed by atoms with Crippen LogP contribution in [0.5, 0.6) is 0 Å². The van der Waals surface area contributed by atoms with E-state index in [-0.39, 0.29) is 30.6 Å². The van der Waals surface area contributed by atoms with Crippen LogP contribution in [0.25, 0.3) is 5.69 Å². The second-order valence-corrected chi connectivity index (χ2v) is 9.66. The number of aromatic nitrogens is 3. The largest absolute Gasteiger partial charge is 0.447 e. The van der Waals surface area contributed by atoms with Gasteiger partial charge in [0.25, 0.3) is 11.5 Å².